The fourth-order valence-corrected chi connectivity index (χ4v) is 2.21. The van der Waals surface area contributed by atoms with E-state index >= 15 is 0 Å². The number of hydrogen-bond donors (Lipinski definition) is 2. The molecule has 6 heteroatoms. The summed E-state index contributed by atoms with van der Waals surface area (Å²) in [5, 5.41) is 6.17. The van der Waals surface area contributed by atoms with Crippen molar-refractivity contribution >= 4 is 34.8 Å². The van der Waals surface area contributed by atoms with Crippen LogP contribution in [0.5, 0.6) is 0 Å². The summed E-state index contributed by atoms with van der Waals surface area (Å²) in [6.45, 7) is 0.530. The molecule has 2 aromatic carbocycles. The third-order valence-corrected chi connectivity index (χ3v) is 3.56. The van der Waals surface area contributed by atoms with E-state index in [9.17, 15) is 9.59 Å². The lowest BCUT2D eigenvalue weighted by Crippen LogP contribution is -2.16. The standard InChI is InChI=1S/C18H19ClN2O3/c1-24-12-4-7-17(22)20-15-5-2-3-6-16(15)21-18(23)13-8-10-14(19)11-9-13/h2-3,5-6,8-11H,4,7,12H2,1H3,(H,20,22)(H,21,23). The van der Waals surface area contributed by atoms with Crippen molar-refractivity contribution in [2.75, 3.05) is 24.4 Å². The van der Waals surface area contributed by atoms with Crippen molar-refractivity contribution in [2.24, 2.45) is 0 Å². The lowest BCUT2D eigenvalue weighted by atomic mass is 10.2. The van der Waals surface area contributed by atoms with E-state index in [4.69, 9.17) is 16.3 Å². The van der Waals surface area contributed by atoms with Crippen LogP contribution in [-0.4, -0.2) is 25.5 Å². The summed E-state index contributed by atoms with van der Waals surface area (Å²) in [6, 6.07) is 13.7. The first-order chi connectivity index (χ1) is 11.6. The Labute approximate surface area is 146 Å². The lowest BCUT2D eigenvalue weighted by molar-refractivity contribution is -0.116. The highest BCUT2D eigenvalue weighted by Gasteiger charge is 2.11. The number of hydrogen-bond acceptors (Lipinski definition) is 3. The van der Waals surface area contributed by atoms with Gasteiger partial charge in [-0.05, 0) is 42.8 Å². The van der Waals surface area contributed by atoms with E-state index < -0.39 is 0 Å². The minimum atomic E-state index is -0.271. The lowest BCUT2D eigenvalue weighted by Gasteiger charge is -2.12. The van der Waals surface area contributed by atoms with Gasteiger partial charge in [-0.2, -0.15) is 0 Å². The summed E-state index contributed by atoms with van der Waals surface area (Å²) in [5.74, 6) is -0.395. The molecule has 0 aliphatic rings. The second kappa shape index (κ2) is 9.05. The van der Waals surface area contributed by atoms with Gasteiger partial charge in [0, 0.05) is 30.7 Å². The van der Waals surface area contributed by atoms with Crippen LogP contribution in [0.15, 0.2) is 48.5 Å². The summed E-state index contributed by atoms with van der Waals surface area (Å²) in [6.07, 6.45) is 0.995. The van der Waals surface area contributed by atoms with Crippen LogP contribution < -0.4 is 10.6 Å². The maximum atomic E-state index is 12.3. The molecule has 0 radical (unpaired) electrons. The molecule has 24 heavy (non-hydrogen) atoms. The van der Waals surface area contributed by atoms with E-state index in [1.54, 1.807) is 55.6 Å². The molecule has 2 rings (SSSR count). The second-order valence-corrected chi connectivity index (χ2v) is 5.59. The van der Waals surface area contributed by atoms with Gasteiger partial charge in [-0.15, -0.1) is 0 Å². The molecule has 0 saturated carbocycles. The number of ether oxygens (including phenoxy) is 1. The highest BCUT2D eigenvalue weighted by molar-refractivity contribution is 6.30. The molecule has 0 heterocycles. The molecular formula is C18H19ClN2O3. The molecular weight excluding hydrogens is 328 g/mol. The Morgan fingerprint density at radius 2 is 1.62 bits per heavy atom. The van der Waals surface area contributed by atoms with Crippen LogP contribution in [0.4, 0.5) is 11.4 Å². The Kier molecular flexibility index (Phi) is 6.78. The number of nitrogens with one attached hydrogen (secondary N) is 2. The SMILES string of the molecule is COCCCC(=O)Nc1ccccc1NC(=O)c1ccc(Cl)cc1. The van der Waals surface area contributed by atoms with E-state index in [1.807, 2.05) is 0 Å². The van der Waals surface area contributed by atoms with Crippen LogP contribution in [-0.2, 0) is 9.53 Å². The number of carbonyl (C=O) groups excluding carboxylic acids is 2. The van der Waals surface area contributed by atoms with Crippen molar-refractivity contribution in [1.82, 2.24) is 0 Å². The van der Waals surface area contributed by atoms with E-state index in [2.05, 4.69) is 10.6 Å². The highest BCUT2D eigenvalue weighted by Crippen LogP contribution is 2.22. The largest absolute Gasteiger partial charge is 0.385 e. The normalized spacial score (nSPS) is 10.2. The maximum absolute atomic E-state index is 12.3. The van der Waals surface area contributed by atoms with Gasteiger partial charge in [-0.1, -0.05) is 23.7 Å². The van der Waals surface area contributed by atoms with Crippen LogP contribution >= 0.6 is 11.6 Å². The van der Waals surface area contributed by atoms with Gasteiger partial charge in [0.05, 0.1) is 11.4 Å². The summed E-state index contributed by atoms with van der Waals surface area (Å²) >= 11 is 5.82. The maximum Gasteiger partial charge on any atom is 0.255 e. The molecule has 5 nitrogen and oxygen atoms in total. The smallest absolute Gasteiger partial charge is 0.255 e. The quantitative estimate of drug-likeness (QED) is 0.746. The third-order valence-electron chi connectivity index (χ3n) is 3.31. The van der Waals surface area contributed by atoms with Gasteiger partial charge in [0.1, 0.15) is 0 Å². The zero-order valence-corrected chi connectivity index (χ0v) is 14.1. The molecule has 0 aliphatic carbocycles. The molecule has 0 fully saturated rings. The van der Waals surface area contributed by atoms with Crippen LogP contribution in [0.2, 0.25) is 5.02 Å². The first-order valence-corrected chi connectivity index (χ1v) is 7.92. The molecule has 2 N–H and O–H groups in total. The number of anilines is 2. The number of methoxy groups -OCH3 is 1. The van der Waals surface area contributed by atoms with Gasteiger partial charge in [-0.25, -0.2) is 0 Å². The molecule has 0 aromatic heterocycles. The zero-order chi connectivity index (χ0) is 17.4. The van der Waals surface area contributed by atoms with Gasteiger partial charge in [0.2, 0.25) is 5.91 Å². The number of rotatable bonds is 7. The highest BCUT2D eigenvalue weighted by atomic mass is 35.5. The van der Waals surface area contributed by atoms with Crippen LogP contribution in [0.3, 0.4) is 0 Å². The predicted octanol–water partition coefficient (Wildman–Crippen LogP) is 3.96. The van der Waals surface area contributed by atoms with Crippen molar-refractivity contribution in [3.05, 3.63) is 59.1 Å². The average molecular weight is 347 g/mol. The summed E-state index contributed by atoms with van der Waals surface area (Å²) < 4.78 is 4.93. The molecule has 0 bridgehead atoms. The van der Waals surface area contributed by atoms with Crippen LogP contribution in [0.25, 0.3) is 0 Å². The third kappa shape index (κ3) is 5.37. The molecule has 126 valence electrons. The number of halogens is 1. The van der Waals surface area contributed by atoms with Crippen molar-refractivity contribution in [3.8, 4) is 0 Å². The first kappa shape index (κ1) is 18.0. The van der Waals surface area contributed by atoms with Crippen molar-refractivity contribution < 1.29 is 14.3 Å². The fraction of sp³-hybridized carbons (Fsp3) is 0.222. The second-order valence-electron chi connectivity index (χ2n) is 5.15. The van der Waals surface area contributed by atoms with Crippen LogP contribution in [0.1, 0.15) is 23.2 Å². The minimum Gasteiger partial charge on any atom is -0.385 e. The number of amides is 2. The van der Waals surface area contributed by atoms with Gasteiger partial charge in [0.15, 0.2) is 0 Å². The summed E-state index contributed by atoms with van der Waals surface area (Å²) in [5.41, 5.74) is 1.58. The molecule has 0 unspecified atom stereocenters. The van der Waals surface area contributed by atoms with Gasteiger partial charge >= 0.3 is 0 Å². The Hall–Kier alpha value is -2.37. The Bertz CT molecular complexity index is 702. The van der Waals surface area contributed by atoms with Crippen molar-refractivity contribution in [3.63, 3.8) is 0 Å². The van der Waals surface area contributed by atoms with Gasteiger partial charge in [-0.3, -0.25) is 9.59 Å². The summed E-state index contributed by atoms with van der Waals surface area (Å²) in [7, 11) is 1.60. The Balaban J connectivity index is 2.04. The number of para-hydroxylation sites is 2. The molecule has 2 amide bonds. The predicted molar refractivity (Wildman–Crippen MR) is 95.6 cm³/mol. The number of carbonyl (C=O) groups is 2. The van der Waals surface area contributed by atoms with E-state index in [0.717, 1.165) is 0 Å². The van der Waals surface area contributed by atoms with E-state index in [0.29, 0.717) is 41.4 Å². The average Bonchev–Trinajstić information content (AvgIpc) is 2.57. The first-order valence-electron chi connectivity index (χ1n) is 7.55. The van der Waals surface area contributed by atoms with Crippen molar-refractivity contribution in [1.29, 1.82) is 0 Å². The number of benzene rings is 2. The molecule has 0 spiro atoms. The fourth-order valence-electron chi connectivity index (χ4n) is 2.09. The monoisotopic (exact) mass is 346 g/mol. The Morgan fingerprint density at radius 3 is 2.25 bits per heavy atom. The van der Waals surface area contributed by atoms with Crippen molar-refractivity contribution in [2.45, 2.75) is 12.8 Å². The molecule has 0 saturated heterocycles. The van der Waals surface area contributed by atoms with Gasteiger partial charge in [0.25, 0.3) is 5.91 Å². The minimum absolute atomic E-state index is 0.125. The van der Waals surface area contributed by atoms with E-state index in [1.165, 1.54) is 0 Å². The molecule has 0 atom stereocenters. The molecule has 2 aromatic rings. The van der Waals surface area contributed by atoms with E-state index in [-0.39, 0.29) is 11.8 Å². The van der Waals surface area contributed by atoms with Crippen LogP contribution in [0, 0.1) is 0 Å². The van der Waals surface area contributed by atoms with Gasteiger partial charge < -0.3 is 15.4 Å². The zero-order valence-electron chi connectivity index (χ0n) is 13.3. The Morgan fingerprint density at radius 1 is 1.00 bits per heavy atom. The molecule has 0 aliphatic heterocycles. The topological polar surface area (TPSA) is 67.4 Å². The summed E-state index contributed by atoms with van der Waals surface area (Å²) in [4.78, 5) is 24.2.